The zero-order valence-corrected chi connectivity index (χ0v) is 14.7. The number of amides is 1. The van der Waals surface area contributed by atoms with E-state index in [1.807, 2.05) is 12.1 Å². The van der Waals surface area contributed by atoms with E-state index in [0.29, 0.717) is 23.5 Å². The highest BCUT2D eigenvalue weighted by atomic mass is 16.3. The number of anilines is 2. The molecular formula is C20H19N5O2. The number of aromatic hydroxyl groups is 1. The van der Waals surface area contributed by atoms with E-state index in [1.165, 1.54) is 12.8 Å². The van der Waals surface area contributed by atoms with Crippen molar-refractivity contribution >= 4 is 17.4 Å². The maximum Gasteiger partial charge on any atom is 0.262 e. The molecule has 3 aromatic rings. The lowest BCUT2D eigenvalue weighted by Crippen LogP contribution is -2.23. The molecule has 1 saturated heterocycles. The smallest absolute Gasteiger partial charge is 0.262 e. The number of benzene rings is 1. The van der Waals surface area contributed by atoms with E-state index < -0.39 is 0 Å². The van der Waals surface area contributed by atoms with Crippen LogP contribution in [0.25, 0.3) is 5.69 Å². The molecule has 27 heavy (non-hydrogen) atoms. The Hall–Kier alpha value is -3.35. The molecule has 1 N–H and O–H groups in total. The van der Waals surface area contributed by atoms with Crippen LogP contribution in [0.4, 0.5) is 11.5 Å². The van der Waals surface area contributed by atoms with Crippen LogP contribution in [0.5, 0.6) is 5.75 Å². The van der Waals surface area contributed by atoms with Crippen LogP contribution >= 0.6 is 0 Å². The summed E-state index contributed by atoms with van der Waals surface area (Å²) in [5, 5.41) is 14.6. The molecule has 2 aliphatic rings. The van der Waals surface area contributed by atoms with Crippen LogP contribution in [0, 0.1) is 0 Å². The summed E-state index contributed by atoms with van der Waals surface area (Å²) in [6.07, 6.45) is 5.96. The van der Waals surface area contributed by atoms with E-state index in [-0.39, 0.29) is 11.7 Å². The molecule has 4 heterocycles. The summed E-state index contributed by atoms with van der Waals surface area (Å²) in [4.78, 5) is 21.1. The quantitative estimate of drug-likeness (QED) is 0.776. The molecule has 0 unspecified atom stereocenters. The molecule has 5 rings (SSSR count). The second kappa shape index (κ2) is 6.12. The van der Waals surface area contributed by atoms with Crippen molar-refractivity contribution < 1.29 is 9.90 Å². The molecule has 136 valence electrons. The van der Waals surface area contributed by atoms with Gasteiger partial charge in [-0.15, -0.1) is 0 Å². The first-order valence-electron chi connectivity index (χ1n) is 9.10. The zero-order valence-electron chi connectivity index (χ0n) is 14.7. The van der Waals surface area contributed by atoms with E-state index >= 15 is 0 Å². The van der Waals surface area contributed by atoms with E-state index in [4.69, 9.17) is 0 Å². The van der Waals surface area contributed by atoms with Gasteiger partial charge in [0.2, 0.25) is 0 Å². The van der Waals surface area contributed by atoms with Crippen LogP contribution in [0.15, 0.2) is 48.8 Å². The molecule has 0 aliphatic carbocycles. The van der Waals surface area contributed by atoms with E-state index in [0.717, 1.165) is 24.6 Å². The molecule has 0 saturated carbocycles. The van der Waals surface area contributed by atoms with Crippen LogP contribution < -0.4 is 9.80 Å². The van der Waals surface area contributed by atoms with E-state index in [1.54, 1.807) is 46.2 Å². The maximum absolute atomic E-state index is 12.8. The minimum atomic E-state index is -0.153. The highest BCUT2D eigenvalue weighted by molar-refractivity contribution is 6.10. The molecule has 1 fully saturated rings. The maximum atomic E-state index is 12.8. The number of pyridine rings is 1. The first kappa shape index (κ1) is 15.9. The summed E-state index contributed by atoms with van der Waals surface area (Å²) < 4.78 is 1.70. The van der Waals surface area contributed by atoms with Crippen LogP contribution in [0.3, 0.4) is 0 Å². The van der Waals surface area contributed by atoms with Crippen molar-refractivity contribution in [1.29, 1.82) is 0 Å². The molecule has 0 spiro atoms. The Morgan fingerprint density at radius 1 is 1.04 bits per heavy atom. The number of phenols is 1. The van der Waals surface area contributed by atoms with E-state index in [2.05, 4.69) is 15.0 Å². The van der Waals surface area contributed by atoms with Crippen LogP contribution in [0.2, 0.25) is 0 Å². The number of para-hydroxylation sites is 2. The van der Waals surface area contributed by atoms with Crippen LogP contribution in [-0.2, 0) is 6.54 Å². The van der Waals surface area contributed by atoms with Gasteiger partial charge in [0.15, 0.2) is 0 Å². The molecule has 2 aliphatic heterocycles. The van der Waals surface area contributed by atoms with Crippen LogP contribution in [0.1, 0.15) is 28.9 Å². The topological polar surface area (TPSA) is 74.5 Å². The summed E-state index contributed by atoms with van der Waals surface area (Å²) in [6.45, 7) is 2.45. The average molecular weight is 361 g/mol. The molecule has 2 aromatic heterocycles. The number of carbonyl (C=O) groups is 1. The standard InChI is InChI=1S/C20H19N5O2/c26-18-6-2-1-5-17(18)24-13-16-15(20(24)27)12-25(22-16)14-7-8-19(21-11-14)23-9-3-4-10-23/h1-2,5-8,11-12,26H,3-4,9-10,13H2. The molecule has 0 bridgehead atoms. The fourth-order valence-electron chi connectivity index (χ4n) is 3.74. The van der Waals surface area contributed by atoms with Crippen molar-refractivity contribution in [3.8, 4) is 11.4 Å². The lowest BCUT2D eigenvalue weighted by molar-refractivity contribution is 0.0995. The SMILES string of the molecule is O=C1c2cn(-c3ccc(N4CCCC4)nc3)nc2CN1c1ccccc1O. The zero-order chi connectivity index (χ0) is 18.4. The third-order valence-electron chi connectivity index (χ3n) is 5.17. The first-order valence-corrected chi connectivity index (χ1v) is 9.10. The highest BCUT2D eigenvalue weighted by Gasteiger charge is 2.33. The second-order valence-electron chi connectivity index (χ2n) is 6.88. The lowest BCUT2D eigenvalue weighted by atomic mass is 10.2. The number of hydrogen-bond acceptors (Lipinski definition) is 5. The van der Waals surface area contributed by atoms with Gasteiger partial charge in [-0.3, -0.25) is 9.69 Å². The molecule has 1 aromatic carbocycles. The van der Waals surface area contributed by atoms with Gasteiger partial charge in [-0.2, -0.15) is 5.10 Å². The molecule has 7 heteroatoms. The summed E-state index contributed by atoms with van der Waals surface area (Å²) in [7, 11) is 0. The monoisotopic (exact) mass is 361 g/mol. The van der Waals surface area contributed by atoms with Gasteiger partial charge in [0.25, 0.3) is 5.91 Å². The van der Waals surface area contributed by atoms with Crippen molar-refractivity contribution in [3.05, 3.63) is 60.0 Å². The van der Waals surface area contributed by atoms with Crippen molar-refractivity contribution in [3.63, 3.8) is 0 Å². The number of fused-ring (bicyclic) bond motifs is 1. The third kappa shape index (κ3) is 2.63. The van der Waals surface area contributed by atoms with Gasteiger partial charge >= 0.3 is 0 Å². The van der Waals surface area contributed by atoms with Gasteiger partial charge in [0.1, 0.15) is 11.6 Å². The van der Waals surface area contributed by atoms with Gasteiger partial charge < -0.3 is 10.0 Å². The normalized spacial score (nSPS) is 16.2. The number of phenolic OH excluding ortho intramolecular Hbond substituents is 1. The predicted octanol–water partition coefficient (Wildman–Crippen LogP) is 2.73. The lowest BCUT2D eigenvalue weighted by Gasteiger charge is -2.17. The Labute approximate surface area is 156 Å². The van der Waals surface area contributed by atoms with Crippen molar-refractivity contribution in [2.75, 3.05) is 22.9 Å². The summed E-state index contributed by atoms with van der Waals surface area (Å²) in [6, 6.07) is 10.8. The summed E-state index contributed by atoms with van der Waals surface area (Å²) >= 11 is 0. The number of hydrogen-bond donors (Lipinski definition) is 1. The van der Waals surface area contributed by atoms with Crippen molar-refractivity contribution in [1.82, 2.24) is 14.8 Å². The number of rotatable bonds is 3. The molecule has 0 atom stereocenters. The predicted molar refractivity (Wildman–Crippen MR) is 101 cm³/mol. The summed E-state index contributed by atoms with van der Waals surface area (Å²) in [5.74, 6) is 0.919. The molecular weight excluding hydrogens is 342 g/mol. The van der Waals surface area contributed by atoms with Gasteiger partial charge in [-0.25, -0.2) is 9.67 Å². The Balaban J connectivity index is 1.40. The van der Waals surface area contributed by atoms with Gasteiger partial charge in [-0.1, -0.05) is 12.1 Å². The molecule has 0 radical (unpaired) electrons. The Bertz CT molecular complexity index is 1010. The van der Waals surface area contributed by atoms with Gasteiger partial charge in [0, 0.05) is 19.3 Å². The Morgan fingerprint density at radius 2 is 1.85 bits per heavy atom. The minimum Gasteiger partial charge on any atom is -0.506 e. The number of carbonyl (C=O) groups excluding carboxylic acids is 1. The third-order valence-corrected chi connectivity index (χ3v) is 5.17. The van der Waals surface area contributed by atoms with Crippen molar-refractivity contribution in [2.24, 2.45) is 0 Å². The van der Waals surface area contributed by atoms with Crippen LogP contribution in [-0.4, -0.2) is 38.9 Å². The Morgan fingerprint density at radius 3 is 2.56 bits per heavy atom. The summed E-state index contributed by atoms with van der Waals surface area (Å²) in [5.41, 5.74) is 2.59. The second-order valence-corrected chi connectivity index (χ2v) is 6.88. The van der Waals surface area contributed by atoms with E-state index in [9.17, 15) is 9.90 Å². The fourth-order valence-corrected chi connectivity index (χ4v) is 3.74. The van der Waals surface area contributed by atoms with Gasteiger partial charge in [-0.05, 0) is 37.1 Å². The Kier molecular flexibility index (Phi) is 3.60. The average Bonchev–Trinajstić information content (AvgIpc) is 3.41. The molecule has 7 nitrogen and oxygen atoms in total. The van der Waals surface area contributed by atoms with Crippen molar-refractivity contribution in [2.45, 2.75) is 19.4 Å². The first-order chi connectivity index (χ1) is 13.2. The number of aromatic nitrogens is 3. The minimum absolute atomic E-state index is 0.0885. The highest BCUT2D eigenvalue weighted by Crippen LogP contribution is 2.33. The number of nitrogens with zero attached hydrogens (tertiary/aromatic N) is 5. The molecule has 1 amide bonds. The largest absolute Gasteiger partial charge is 0.506 e. The fraction of sp³-hybridized carbons (Fsp3) is 0.250. The van der Waals surface area contributed by atoms with Gasteiger partial charge in [0.05, 0.1) is 35.4 Å².